The number of nitrogens with one attached hydrogen (secondary N) is 2. The van der Waals surface area contributed by atoms with E-state index >= 15 is 0 Å². The van der Waals surface area contributed by atoms with Crippen LogP contribution < -0.4 is 15.4 Å². The van der Waals surface area contributed by atoms with Crippen molar-refractivity contribution in [3.8, 4) is 11.8 Å². The number of halogens is 1. The molecule has 1 aromatic heterocycles. The van der Waals surface area contributed by atoms with Crippen molar-refractivity contribution in [3.63, 3.8) is 0 Å². The third-order valence-corrected chi connectivity index (χ3v) is 3.93. The van der Waals surface area contributed by atoms with Crippen LogP contribution in [-0.4, -0.2) is 16.0 Å². The minimum absolute atomic E-state index is 0.0196. The molecule has 7 heteroatoms. The standard InChI is InChI=1S/C21H21FN4O2/c1-21(2,3)14-8-10-15(11-9-14)25-19(27)26-16-12-23-20(24-13-16)28-18-7-5-4-6-17(18)22/h4-13H,1-3H3,(H2,25,26,27). The van der Waals surface area contributed by atoms with E-state index in [0.717, 1.165) is 0 Å². The minimum Gasteiger partial charge on any atom is -0.421 e. The zero-order valence-electron chi connectivity index (χ0n) is 15.9. The quantitative estimate of drug-likeness (QED) is 0.640. The summed E-state index contributed by atoms with van der Waals surface area (Å²) >= 11 is 0. The lowest BCUT2D eigenvalue weighted by molar-refractivity contribution is 0.262. The number of para-hydroxylation sites is 1. The lowest BCUT2D eigenvalue weighted by atomic mass is 9.87. The smallest absolute Gasteiger partial charge is 0.323 e. The molecule has 3 rings (SSSR count). The molecule has 2 N–H and O–H groups in total. The maximum atomic E-state index is 13.6. The van der Waals surface area contributed by atoms with Crippen molar-refractivity contribution in [3.05, 3.63) is 72.3 Å². The van der Waals surface area contributed by atoms with Crippen LogP contribution in [0.4, 0.5) is 20.6 Å². The van der Waals surface area contributed by atoms with Gasteiger partial charge in [0.15, 0.2) is 11.6 Å². The Morgan fingerprint density at radius 3 is 2.14 bits per heavy atom. The second-order valence-electron chi connectivity index (χ2n) is 7.19. The fourth-order valence-electron chi connectivity index (χ4n) is 2.41. The molecule has 3 aromatic rings. The highest BCUT2D eigenvalue weighted by Crippen LogP contribution is 2.24. The number of urea groups is 1. The highest BCUT2D eigenvalue weighted by atomic mass is 19.1. The van der Waals surface area contributed by atoms with Crippen molar-refractivity contribution >= 4 is 17.4 Å². The summed E-state index contributed by atoms with van der Waals surface area (Å²) in [5, 5.41) is 5.38. The number of benzene rings is 2. The van der Waals surface area contributed by atoms with Crippen molar-refractivity contribution in [1.29, 1.82) is 0 Å². The summed E-state index contributed by atoms with van der Waals surface area (Å²) in [7, 11) is 0. The Morgan fingerprint density at radius 2 is 1.54 bits per heavy atom. The largest absolute Gasteiger partial charge is 0.421 e. The number of hydrogen-bond acceptors (Lipinski definition) is 4. The van der Waals surface area contributed by atoms with Crippen LogP contribution in [0.3, 0.4) is 0 Å². The summed E-state index contributed by atoms with van der Waals surface area (Å²) < 4.78 is 18.9. The summed E-state index contributed by atoms with van der Waals surface area (Å²) in [6, 6.07) is 13.2. The second-order valence-corrected chi connectivity index (χ2v) is 7.19. The first-order chi connectivity index (χ1) is 13.3. The predicted octanol–water partition coefficient (Wildman–Crippen LogP) is 5.35. The molecular weight excluding hydrogens is 359 g/mol. The second kappa shape index (κ2) is 8.04. The molecule has 28 heavy (non-hydrogen) atoms. The molecule has 2 amide bonds. The van der Waals surface area contributed by atoms with Crippen molar-refractivity contribution in [1.82, 2.24) is 9.97 Å². The monoisotopic (exact) mass is 380 g/mol. The van der Waals surface area contributed by atoms with Crippen molar-refractivity contribution < 1.29 is 13.9 Å². The van der Waals surface area contributed by atoms with E-state index < -0.39 is 11.8 Å². The van der Waals surface area contributed by atoms with E-state index in [1.165, 1.54) is 30.1 Å². The van der Waals surface area contributed by atoms with Crippen LogP contribution in [0, 0.1) is 5.82 Å². The van der Waals surface area contributed by atoms with Crippen molar-refractivity contribution in [2.24, 2.45) is 0 Å². The fraction of sp³-hybridized carbons (Fsp3) is 0.190. The molecule has 0 radical (unpaired) electrons. The van der Waals surface area contributed by atoms with Gasteiger partial charge in [0.25, 0.3) is 0 Å². The molecule has 0 saturated carbocycles. The molecule has 1 heterocycles. The van der Waals surface area contributed by atoms with Gasteiger partial charge in [-0.05, 0) is 35.2 Å². The number of rotatable bonds is 4. The Hall–Kier alpha value is -3.48. The topological polar surface area (TPSA) is 76.1 Å². The van der Waals surface area contributed by atoms with Crippen LogP contribution in [0.15, 0.2) is 60.9 Å². The molecule has 0 spiro atoms. The van der Waals surface area contributed by atoms with Gasteiger partial charge in [-0.2, -0.15) is 0 Å². The molecule has 0 aliphatic heterocycles. The number of ether oxygens (including phenoxy) is 1. The van der Waals surface area contributed by atoms with Crippen LogP contribution in [-0.2, 0) is 5.41 Å². The van der Waals surface area contributed by atoms with Crippen LogP contribution >= 0.6 is 0 Å². The van der Waals surface area contributed by atoms with Gasteiger partial charge in [-0.25, -0.2) is 19.2 Å². The average Bonchev–Trinajstić information content (AvgIpc) is 2.65. The van der Waals surface area contributed by atoms with Gasteiger partial charge in [0.2, 0.25) is 0 Å². The minimum atomic E-state index is -0.509. The highest BCUT2D eigenvalue weighted by molar-refractivity contribution is 5.99. The molecule has 0 atom stereocenters. The van der Waals surface area contributed by atoms with Gasteiger partial charge in [-0.1, -0.05) is 45.0 Å². The molecular formula is C21H21FN4O2. The van der Waals surface area contributed by atoms with Crippen molar-refractivity contribution in [2.75, 3.05) is 10.6 Å². The number of aromatic nitrogens is 2. The number of nitrogens with zero attached hydrogens (tertiary/aromatic N) is 2. The van der Waals surface area contributed by atoms with Crippen LogP contribution in [0.2, 0.25) is 0 Å². The van der Waals surface area contributed by atoms with E-state index in [-0.39, 0.29) is 17.2 Å². The van der Waals surface area contributed by atoms with Gasteiger partial charge in [0.05, 0.1) is 18.1 Å². The van der Waals surface area contributed by atoms with E-state index in [1.54, 1.807) is 12.1 Å². The molecule has 0 unspecified atom stereocenters. The molecule has 0 saturated heterocycles. The Labute approximate surface area is 162 Å². The van der Waals surface area contributed by atoms with Gasteiger partial charge in [-0.15, -0.1) is 0 Å². The average molecular weight is 380 g/mol. The zero-order valence-corrected chi connectivity index (χ0v) is 15.9. The molecule has 0 bridgehead atoms. The van der Waals surface area contributed by atoms with Crippen LogP contribution in [0.25, 0.3) is 0 Å². The van der Waals surface area contributed by atoms with Gasteiger partial charge < -0.3 is 15.4 Å². The van der Waals surface area contributed by atoms with Gasteiger partial charge >= 0.3 is 12.0 Å². The lowest BCUT2D eigenvalue weighted by Gasteiger charge is -2.19. The highest BCUT2D eigenvalue weighted by Gasteiger charge is 2.13. The van der Waals surface area contributed by atoms with E-state index in [9.17, 15) is 9.18 Å². The Kier molecular flexibility index (Phi) is 5.54. The number of carbonyl (C=O) groups is 1. The zero-order chi connectivity index (χ0) is 20.1. The van der Waals surface area contributed by atoms with Gasteiger partial charge in [0.1, 0.15) is 0 Å². The lowest BCUT2D eigenvalue weighted by Crippen LogP contribution is -2.20. The first kappa shape index (κ1) is 19.3. The third kappa shape index (κ3) is 5.03. The van der Waals surface area contributed by atoms with Crippen molar-refractivity contribution in [2.45, 2.75) is 26.2 Å². The predicted molar refractivity (Wildman–Crippen MR) is 106 cm³/mol. The Balaban J connectivity index is 1.58. The van der Waals surface area contributed by atoms with Crippen LogP contribution in [0.1, 0.15) is 26.3 Å². The van der Waals surface area contributed by atoms with E-state index in [4.69, 9.17) is 4.74 Å². The van der Waals surface area contributed by atoms with Gasteiger partial charge in [0, 0.05) is 5.69 Å². The molecule has 0 fully saturated rings. The fourth-order valence-corrected chi connectivity index (χ4v) is 2.41. The first-order valence-corrected chi connectivity index (χ1v) is 8.74. The maximum absolute atomic E-state index is 13.6. The summed E-state index contributed by atoms with van der Waals surface area (Å²) in [6.07, 6.45) is 2.76. The summed E-state index contributed by atoms with van der Waals surface area (Å²) in [4.78, 5) is 20.1. The molecule has 144 valence electrons. The third-order valence-electron chi connectivity index (χ3n) is 3.93. The summed E-state index contributed by atoms with van der Waals surface area (Å²) in [5.41, 5.74) is 2.28. The van der Waals surface area contributed by atoms with E-state index in [1.807, 2.05) is 24.3 Å². The number of amides is 2. The number of carbonyl (C=O) groups excluding carboxylic acids is 1. The molecule has 0 aliphatic rings. The van der Waals surface area contributed by atoms with E-state index in [0.29, 0.717) is 11.4 Å². The van der Waals surface area contributed by atoms with Gasteiger partial charge in [-0.3, -0.25) is 0 Å². The van der Waals surface area contributed by atoms with E-state index in [2.05, 4.69) is 41.4 Å². The van der Waals surface area contributed by atoms with Crippen LogP contribution in [0.5, 0.6) is 11.8 Å². The molecule has 2 aromatic carbocycles. The Morgan fingerprint density at radius 1 is 0.929 bits per heavy atom. The summed E-state index contributed by atoms with van der Waals surface area (Å²) in [6.45, 7) is 6.38. The SMILES string of the molecule is CC(C)(C)c1ccc(NC(=O)Nc2cnc(Oc3ccccc3F)nc2)cc1. The summed E-state index contributed by atoms with van der Waals surface area (Å²) in [5.74, 6) is -0.482. The first-order valence-electron chi connectivity index (χ1n) is 8.74. The normalized spacial score (nSPS) is 11.0. The number of hydrogen-bond donors (Lipinski definition) is 2. The Bertz CT molecular complexity index is 951. The molecule has 6 nitrogen and oxygen atoms in total. The maximum Gasteiger partial charge on any atom is 0.323 e. The molecule has 0 aliphatic carbocycles. The number of anilines is 2.